The Morgan fingerprint density at radius 3 is 2.57 bits per heavy atom. The molecule has 2 rings (SSSR count). The third-order valence-electron chi connectivity index (χ3n) is 3.92. The topological polar surface area (TPSA) is 75.8 Å². The summed E-state index contributed by atoms with van der Waals surface area (Å²) in [5, 5.41) is 8.75. The van der Waals surface area contributed by atoms with E-state index in [0.29, 0.717) is 19.6 Å². The fourth-order valence-electron chi connectivity index (χ4n) is 2.70. The van der Waals surface area contributed by atoms with E-state index < -0.39 is 0 Å². The van der Waals surface area contributed by atoms with Crippen LogP contribution in [0.5, 0.6) is 0 Å². The Kier molecular flexibility index (Phi) is 6.17. The maximum Gasteiger partial charge on any atom is 0.227 e. The Morgan fingerprint density at radius 1 is 1.29 bits per heavy atom. The first-order valence-electron chi connectivity index (χ1n) is 7.51. The maximum absolute atomic E-state index is 12.4. The lowest BCUT2D eigenvalue weighted by molar-refractivity contribution is -0.133. The number of nitrogens with zero attached hydrogens (tertiary/aromatic N) is 1. The highest BCUT2D eigenvalue weighted by molar-refractivity contribution is 5.79. The van der Waals surface area contributed by atoms with Gasteiger partial charge in [-0.2, -0.15) is 0 Å². The molecule has 1 aromatic rings. The summed E-state index contributed by atoms with van der Waals surface area (Å²) in [6, 6.07) is 7.83. The Hall–Kier alpha value is -1.43. The minimum atomic E-state index is 0.0506. The van der Waals surface area contributed by atoms with Gasteiger partial charge in [0.1, 0.15) is 0 Å². The zero-order chi connectivity index (χ0) is 15.1. The van der Waals surface area contributed by atoms with Gasteiger partial charge in [0, 0.05) is 19.6 Å². The number of rotatable bonds is 6. The van der Waals surface area contributed by atoms with E-state index in [1.54, 1.807) is 0 Å². The van der Waals surface area contributed by atoms with Crippen molar-refractivity contribution in [2.45, 2.75) is 31.9 Å². The molecule has 5 nitrogen and oxygen atoms in total. The van der Waals surface area contributed by atoms with Gasteiger partial charge in [-0.3, -0.25) is 4.79 Å². The molecule has 21 heavy (non-hydrogen) atoms. The lowest BCUT2D eigenvalue weighted by atomic mass is 10.0. The van der Waals surface area contributed by atoms with Crippen LogP contribution in [0.3, 0.4) is 0 Å². The molecule has 0 aliphatic carbocycles. The first-order chi connectivity index (χ1) is 10.2. The number of piperidine rings is 1. The molecule has 0 radical (unpaired) electrons. The van der Waals surface area contributed by atoms with E-state index in [0.717, 1.165) is 37.1 Å². The SMILES string of the molecule is NCc1ccccc1CC(=O)N1CCC(OCCO)CC1. The molecule has 1 heterocycles. The number of benzene rings is 1. The predicted octanol–water partition coefficient (Wildman–Crippen LogP) is 0.688. The fraction of sp³-hybridized carbons (Fsp3) is 0.562. The monoisotopic (exact) mass is 292 g/mol. The second kappa shape index (κ2) is 8.12. The third-order valence-corrected chi connectivity index (χ3v) is 3.92. The molecule has 0 bridgehead atoms. The van der Waals surface area contributed by atoms with Crippen LogP contribution in [-0.2, 0) is 22.5 Å². The number of amides is 1. The summed E-state index contributed by atoms with van der Waals surface area (Å²) in [6.45, 7) is 2.33. The van der Waals surface area contributed by atoms with Crippen LogP contribution in [0.2, 0.25) is 0 Å². The minimum absolute atomic E-state index is 0.0506. The van der Waals surface area contributed by atoms with E-state index in [1.165, 1.54) is 0 Å². The summed E-state index contributed by atoms with van der Waals surface area (Å²) in [4.78, 5) is 14.3. The van der Waals surface area contributed by atoms with Gasteiger partial charge in [0.05, 0.1) is 25.7 Å². The molecule has 1 fully saturated rings. The van der Waals surface area contributed by atoms with Crippen molar-refractivity contribution in [3.05, 3.63) is 35.4 Å². The molecule has 1 amide bonds. The molecule has 0 spiro atoms. The number of carbonyl (C=O) groups is 1. The van der Waals surface area contributed by atoms with Crippen molar-refractivity contribution in [3.8, 4) is 0 Å². The highest BCUT2D eigenvalue weighted by Crippen LogP contribution is 2.16. The van der Waals surface area contributed by atoms with E-state index in [1.807, 2.05) is 29.2 Å². The molecule has 1 aliphatic heterocycles. The lowest BCUT2D eigenvalue weighted by Crippen LogP contribution is -2.41. The lowest BCUT2D eigenvalue weighted by Gasteiger charge is -2.32. The highest BCUT2D eigenvalue weighted by atomic mass is 16.5. The summed E-state index contributed by atoms with van der Waals surface area (Å²) < 4.78 is 5.51. The molecule has 0 atom stereocenters. The highest BCUT2D eigenvalue weighted by Gasteiger charge is 2.23. The van der Waals surface area contributed by atoms with Crippen LogP contribution in [0.15, 0.2) is 24.3 Å². The van der Waals surface area contributed by atoms with Gasteiger partial charge in [-0.15, -0.1) is 0 Å². The van der Waals surface area contributed by atoms with Gasteiger partial charge in [-0.05, 0) is 24.0 Å². The van der Waals surface area contributed by atoms with Crippen molar-refractivity contribution in [1.29, 1.82) is 0 Å². The first-order valence-corrected chi connectivity index (χ1v) is 7.51. The molecular formula is C16H24N2O3. The van der Waals surface area contributed by atoms with Crippen molar-refractivity contribution in [3.63, 3.8) is 0 Å². The molecule has 0 saturated carbocycles. The molecule has 5 heteroatoms. The zero-order valence-electron chi connectivity index (χ0n) is 12.3. The maximum atomic E-state index is 12.4. The second-order valence-corrected chi connectivity index (χ2v) is 5.32. The second-order valence-electron chi connectivity index (χ2n) is 5.32. The van der Waals surface area contributed by atoms with Crippen LogP contribution in [0.1, 0.15) is 24.0 Å². The predicted molar refractivity (Wildman–Crippen MR) is 80.7 cm³/mol. The van der Waals surface area contributed by atoms with E-state index in [9.17, 15) is 4.79 Å². The van der Waals surface area contributed by atoms with Gasteiger partial charge in [-0.25, -0.2) is 0 Å². The Bertz CT molecular complexity index is 457. The molecule has 116 valence electrons. The smallest absolute Gasteiger partial charge is 0.227 e. The summed E-state index contributed by atoms with van der Waals surface area (Å²) in [5.74, 6) is 0.150. The third kappa shape index (κ3) is 4.52. The summed E-state index contributed by atoms with van der Waals surface area (Å²) >= 11 is 0. The number of aliphatic hydroxyl groups excluding tert-OH is 1. The van der Waals surface area contributed by atoms with Crippen LogP contribution in [0.4, 0.5) is 0 Å². The molecule has 1 aliphatic rings. The van der Waals surface area contributed by atoms with E-state index in [2.05, 4.69) is 0 Å². The number of nitrogens with two attached hydrogens (primary N) is 1. The molecule has 1 aromatic carbocycles. The molecule has 0 aromatic heterocycles. The molecule has 0 unspecified atom stereocenters. The van der Waals surface area contributed by atoms with Gasteiger partial charge >= 0.3 is 0 Å². The van der Waals surface area contributed by atoms with Gasteiger partial charge in [-0.1, -0.05) is 24.3 Å². The van der Waals surface area contributed by atoms with Gasteiger partial charge in [0.25, 0.3) is 0 Å². The van der Waals surface area contributed by atoms with E-state index in [-0.39, 0.29) is 18.6 Å². The van der Waals surface area contributed by atoms with Gasteiger partial charge < -0.3 is 20.5 Å². The number of likely N-dealkylation sites (tertiary alicyclic amines) is 1. The molecule has 1 saturated heterocycles. The Labute approximate surface area is 125 Å². The minimum Gasteiger partial charge on any atom is -0.394 e. The molecule has 3 N–H and O–H groups in total. The largest absolute Gasteiger partial charge is 0.394 e. The standard InChI is InChI=1S/C16H24N2O3/c17-12-14-4-2-1-3-13(14)11-16(20)18-7-5-15(6-8-18)21-10-9-19/h1-4,15,19H,5-12,17H2. The van der Waals surface area contributed by atoms with E-state index >= 15 is 0 Å². The number of carbonyl (C=O) groups excluding carboxylic acids is 1. The van der Waals surface area contributed by atoms with E-state index in [4.69, 9.17) is 15.6 Å². The summed E-state index contributed by atoms with van der Waals surface area (Å²) in [7, 11) is 0. The average molecular weight is 292 g/mol. The van der Waals surface area contributed by atoms with Crippen LogP contribution >= 0.6 is 0 Å². The zero-order valence-corrected chi connectivity index (χ0v) is 12.3. The number of hydrogen-bond donors (Lipinski definition) is 2. The first kappa shape index (κ1) is 15.9. The number of aliphatic hydroxyl groups is 1. The number of hydrogen-bond acceptors (Lipinski definition) is 4. The van der Waals surface area contributed by atoms with Crippen LogP contribution in [0, 0.1) is 0 Å². The van der Waals surface area contributed by atoms with Gasteiger partial charge in [0.2, 0.25) is 5.91 Å². The fourth-order valence-corrected chi connectivity index (χ4v) is 2.70. The number of ether oxygens (including phenoxy) is 1. The van der Waals surface area contributed by atoms with Crippen molar-refractivity contribution in [2.24, 2.45) is 5.73 Å². The normalized spacial score (nSPS) is 16.2. The molecular weight excluding hydrogens is 268 g/mol. The van der Waals surface area contributed by atoms with Crippen molar-refractivity contribution in [2.75, 3.05) is 26.3 Å². The Morgan fingerprint density at radius 2 is 1.95 bits per heavy atom. The van der Waals surface area contributed by atoms with Crippen molar-refractivity contribution < 1.29 is 14.6 Å². The average Bonchev–Trinajstić information content (AvgIpc) is 2.54. The Balaban J connectivity index is 1.85. The van der Waals surface area contributed by atoms with Crippen LogP contribution < -0.4 is 5.73 Å². The van der Waals surface area contributed by atoms with Crippen LogP contribution in [-0.4, -0.2) is 48.3 Å². The summed E-state index contributed by atoms with van der Waals surface area (Å²) in [6.07, 6.45) is 2.25. The van der Waals surface area contributed by atoms with Gasteiger partial charge in [0.15, 0.2) is 0 Å². The summed E-state index contributed by atoms with van der Waals surface area (Å²) in [5.41, 5.74) is 7.76. The van der Waals surface area contributed by atoms with Crippen molar-refractivity contribution >= 4 is 5.91 Å². The van der Waals surface area contributed by atoms with Crippen molar-refractivity contribution in [1.82, 2.24) is 4.90 Å². The quantitative estimate of drug-likeness (QED) is 0.809. The van der Waals surface area contributed by atoms with Crippen LogP contribution in [0.25, 0.3) is 0 Å².